The average molecular weight is 245 g/mol. The van der Waals surface area contributed by atoms with E-state index in [0.29, 0.717) is 0 Å². The number of nitrogens with zero attached hydrogens (tertiary/aromatic N) is 2. The van der Waals surface area contributed by atoms with E-state index in [1.54, 1.807) is 0 Å². The molecule has 0 aromatic heterocycles. The summed E-state index contributed by atoms with van der Waals surface area (Å²) in [6.45, 7) is 7.02. The minimum atomic E-state index is 1.11. The SMILES string of the molecule is c1cc(N2CCCC2)cc(N2CCCNCC2)c1. The Balaban J connectivity index is 1.76. The van der Waals surface area contributed by atoms with Gasteiger partial charge >= 0.3 is 0 Å². The fourth-order valence-electron chi connectivity index (χ4n) is 2.97. The highest BCUT2D eigenvalue weighted by molar-refractivity contribution is 5.59. The second-order valence-corrected chi connectivity index (χ2v) is 5.30. The molecular weight excluding hydrogens is 222 g/mol. The molecule has 3 heteroatoms. The lowest BCUT2D eigenvalue weighted by atomic mass is 10.2. The van der Waals surface area contributed by atoms with Crippen LogP contribution < -0.4 is 15.1 Å². The molecule has 1 aromatic rings. The van der Waals surface area contributed by atoms with Gasteiger partial charge in [0.15, 0.2) is 0 Å². The van der Waals surface area contributed by atoms with Crippen molar-refractivity contribution in [1.82, 2.24) is 5.32 Å². The molecule has 0 amide bonds. The van der Waals surface area contributed by atoms with Crippen molar-refractivity contribution in [2.24, 2.45) is 0 Å². The summed E-state index contributed by atoms with van der Waals surface area (Å²) in [6.07, 6.45) is 3.93. The van der Waals surface area contributed by atoms with E-state index in [1.807, 2.05) is 0 Å². The first-order valence-corrected chi connectivity index (χ1v) is 7.24. The number of anilines is 2. The largest absolute Gasteiger partial charge is 0.371 e. The van der Waals surface area contributed by atoms with Crippen LogP contribution in [-0.4, -0.2) is 39.3 Å². The van der Waals surface area contributed by atoms with Gasteiger partial charge in [0.1, 0.15) is 0 Å². The molecular formula is C15H23N3. The van der Waals surface area contributed by atoms with Crippen LogP contribution in [0.1, 0.15) is 19.3 Å². The van der Waals surface area contributed by atoms with Gasteiger partial charge in [0.25, 0.3) is 0 Å². The summed E-state index contributed by atoms with van der Waals surface area (Å²) in [6, 6.07) is 9.09. The molecule has 0 spiro atoms. The van der Waals surface area contributed by atoms with E-state index >= 15 is 0 Å². The van der Waals surface area contributed by atoms with E-state index in [1.165, 1.54) is 50.3 Å². The van der Waals surface area contributed by atoms with Gasteiger partial charge in [-0.05, 0) is 44.0 Å². The summed E-state index contributed by atoms with van der Waals surface area (Å²) < 4.78 is 0. The fourth-order valence-corrected chi connectivity index (χ4v) is 2.97. The van der Waals surface area contributed by atoms with Crippen molar-refractivity contribution in [3.63, 3.8) is 0 Å². The highest BCUT2D eigenvalue weighted by Crippen LogP contribution is 2.25. The Kier molecular flexibility index (Phi) is 3.69. The van der Waals surface area contributed by atoms with Crippen LogP contribution in [0.5, 0.6) is 0 Å². The fraction of sp³-hybridized carbons (Fsp3) is 0.600. The number of benzene rings is 1. The molecule has 2 aliphatic heterocycles. The maximum absolute atomic E-state index is 3.46. The lowest BCUT2D eigenvalue weighted by molar-refractivity contribution is 0.724. The van der Waals surface area contributed by atoms with Gasteiger partial charge < -0.3 is 15.1 Å². The zero-order valence-electron chi connectivity index (χ0n) is 11.1. The molecule has 3 rings (SSSR count). The first-order chi connectivity index (χ1) is 8.93. The van der Waals surface area contributed by atoms with Gasteiger partial charge in [-0.15, -0.1) is 0 Å². The van der Waals surface area contributed by atoms with E-state index in [4.69, 9.17) is 0 Å². The van der Waals surface area contributed by atoms with Crippen molar-refractivity contribution >= 4 is 11.4 Å². The van der Waals surface area contributed by atoms with Crippen LogP contribution in [0.2, 0.25) is 0 Å². The molecule has 0 aliphatic carbocycles. The second kappa shape index (κ2) is 5.61. The molecule has 2 heterocycles. The Labute approximate surface area is 110 Å². The van der Waals surface area contributed by atoms with Crippen LogP contribution in [0.15, 0.2) is 24.3 Å². The van der Waals surface area contributed by atoms with Crippen LogP contribution in [0.4, 0.5) is 11.4 Å². The van der Waals surface area contributed by atoms with E-state index in [0.717, 1.165) is 19.6 Å². The van der Waals surface area contributed by atoms with Gasteiger partial charge in [-0.3, -0.25) is 0 Å². The summed E-state index contributed by atoms with van der Waals surface area (Å²) in [5, 5.41) is 3.46. The molecule has 1 N–H and O–H groups in total. The lowest BCUT2D eigenvalue weighted by Crippen LogP contribution is -2.28. The number of hydrogen-bond donors (Lipinski definition) is 1. The molecule has 2 aliphatic rings. The highest BCUT2D eigenvalue weighted by atomic mass is 15.2. The van der Waals surface area contributed by atoms with Gasteiger partial charge in [-0.2, -0.15) is 0 Å². The van der Waals surface area contributed by atoms with Gasteiger partial charge in [-0.1, -0.05) is 6.07 Å². The standard InChI is InChI=1S/C15H23N3/c1-2-10-17(9-1)14-5-3-6-15(13-14)18-11-4-7-16-8-12-18/h3,5-6,13,16H,1-2,4,7-12H2. The Hall–Kier alpha value is -1.22. The minimum Gasteiger partial charge on any atom is -0.371 e. The predicted molar refractivity (Wildman–Crippen MR) is 77.6 cm³/mol. The van der Waals surface area contributed by atoms with Crippen LogP contribution >= 0.6 is 0 Å². The van der Waals surface area contributed by atoms with E-state index in [9.17, 15) is 0 Å². The second-order valence-electron chi connectivity index (χ2n) is 5.30. The van der Waals surface area contributed by atoms with Crippen LogP contribution in [0, 0.1) is 0 Å². The molecule has 0 bridgehead atoms. The third kappa shape index (κ3) is 2.61. The molecule has 98 valence electrons. The molecule has 2 saturated heterocycles. The molecule has 0 unspecified atom stereocenters. The molecule has 1 aromatic carbocycles. The molecule has 18 heavy (non-hydrogen) atoms. The van der Waals surface area contributed by atoms with Crippen LogP contribution in [0.3, 0.4) is 0 Å². The quantitative estimate of drug-likeness (QED) is 0.860. The zero-order valence-corrected chi connectivity index (χ0v) is 11.1. The molecule has 0 atom stereocenters. The topological polar surface area (TPSA) is 18.5 Å². The predicted octanol–water partition coefficient (Wildman–Crippen LogP) is 2.09. The number of nitrogens with one attached hydrogen (secondary N) is 1. The van der Waals surface area contributed by atoms with E-state index < -0.39 is 0 Å². The van der Waals surface area contributed by atoms with Crippen molar-refractivity contribution in [2.75, 3.05) is 49.1 Å². The summed E-state index contributed by atoms with van der Waals surface area (Å²) >= 11 is 0. The lowest BCUT2D eigenvalue weighted by Gasteiger charge is -2.25. The van der Waals surface area contributed by atoms with Crippen LogP contribution in [0.25, 0.3) is 0 Å². The van der Waals surface area contributed by atoms with E-state index in [2.05, 4.69) is 39.4 Å². The summed E-state index contributed by atoms with van der Waals surface area (Å²) in [5.41, 5.74) is 2.80. The average Bonchev–Trinajstić information content (AvgIpc) is 2.82. The monoisotopic (exact) mass is 245 g/mol. The van der Waals surface area contributed by atoms with Crippen LogP contribution in [-0.2, 0) is 0 Å². The number of hydrogen-bond acceptors (Lipinski definition) is 3. The van der Waals surface area contributed by atoms with Crippen molar-refractivity contribution in [3.05, 3.63) is 24.3 Å². The van der Waals surface area contributed by atoms with Gasteiger partial charge in [0.2, 0.25) is 0 Å². The molecule has 2 fully saturated rings. The Morgan fingerprint density at radius 1 is 0.778 bits per heavy atom. The number of rotatable bonds is 2. The Bertz CT molecular complexity index is 377. The first kappa shape index (κ1) is 11.8. The minimum absolute atomic E-state index is 1.11. The Morgan fingerprint density at radius 2 is 1.44 bits per heavy atom. The van der Waals surface area contributed by atoms with Gasteiger partial charge in [0.05, 0.1) is 0 Å². The van der Waals surface area contributed by atoms with Crippen molar-refractivity contribution < 1.29 is 0 Å². The zero-order chi connectivity index (χ0) is 12.2. The summed E-state index contributed by atoms with van der Waals surface area (Å²) in [7, 11) is 0. The van der Waals surface area contributed by atoms with Crippen molar-refractivity contribution in [2.45, 2.75) is 19.3 Å². The smallest absolute Gasteiger partial charge is 0.0387 e. The summed E-state index contributed by atoms with van der Waals surface area (Å²) in [4.78, 5) is 5.03. The third-order valence-electron chi connectivity index (χ3n) is 4.01. The maximum atomic E-state index is 3.46. The molecule has 0 radical (unpaired) electrons. The maximum Gasteiger partial charge on any atom is 0.0387 e. The molecule has 0 saturated carbocycles. The van der Waals surface area contributed by atoms with Crippen molar-refractivity contribution in [1.29, 1.82) is 0 Å². The summed E-state index contributed by atoms with van der Waals surface area (Å²) in [5.74, 6) is 0. The normalized spacial score (nSPS) is 21.1. The van der Waals surface area contributed by atoms with E-state index in [-0.39, 0.29) is 0 Å². The van der Waals surface area contributed by atoms with Gasteiger partial charge in [0, 0.05) is 44.1 Å². The van der Waals surface area contributed by atoms with Crippen molar-refractivity contribution in [3.8, 4) is 0 Å². The highest BCUT2D eigenvalue weighted by Gasteiger charge is 2.14. The first-order valence-electron chi connectivity index (χ1n) is 7.24. The third-order valence-corrected chi connectivity index (χ3v) is 4.01. The van der Waals surface area contributed by atoms with Gasteiger partial charge in [-0.25, -0.2) is 0 Å². The Morgan fingerprint density at radius 3 is 2.22 bits per heavy atom. The molecule has 3 nitrogen and oxygen atoms in total.